The molecule has 1 amide bonds. The van der Waals surface area contributed by atoms with Gasteiger partial charge in [-0.15, -0.1) is 0 Å². The van der Waals surface area contributed by atoms with Crippen LogP contribution >= 0.6 is 0 Å². The van der Waals surface area contributed by atoms with Crippen molar-refractivity contribution in [1.29, 1.82) is 0 Å². The lowest BCUT2D eigenvalue weighted by Gasteiger charge is -2.20. The van der Waals surface area contributed by atoms with E-state index in [0.717, 1.165) is 0 Å². The Morgan fingerprint density at radius 3 is 2.53 bits per heavy atom. The van der Waals surface area contributed by atoms with Gasteiger partial charge in [0.2, 0.25) is 0 Å². The third-order valence-electron chi connectivity index (χ3n) is 2.14. The highest BCUT2D eigenvalue weighted by Gasteiger charge is 2.14. The summed E-state index contributed by atoms with van der Waals surface area (Å²) in [7, 11) is 1.31. The van der Waals surface area contributed by atoms with Crippen molar-refractivity contribution >= 4 is 11.9 Å². The number of amides is 1. The monoisotopic (exact) mass is 265 g/mol. The second kappa shape index (κ2) is 6.22. The predicted molar refractivity (Wildman–Crippen MR) is 71.2 cm³/mol. The maximum atomic E-state index is 11.6. The van der Waals surface area contributed by atoms with Gasteiger partial charge < -0.3 is 14.8 Å². The van der Waals surface area contributed by atoms with Crippen LogP contribution in [0.3, 0.4) is 0 Å². The second-order valence-corrected chi connectivity index (χ2v) is 5.11. The topological polar surface area (TPSA) is 64.6 Å². The molecule has 0 heterocycles. The van der Waals surface area contributed by atoms with E-state index in [-0.39, 0.29) is 18.1 Å². The molecule has 5 nitrogen and oxygen atoms in total. The molecule has 5 heteroatoms. The molecule has 19 heavy (non-hydrogen) atoms. The maximum Gasteiger partial charge on any atom is 0.337 e. The summed E-state index contributed by atoms with van der Waals surface area (Å²) in [5.74, 6) is -0.201. The van der Waals surface area contributed by atoms with Gasteiger partial charge in [0.15, 0.2) is 6.61 Å². The van der Waals surface area contributed by atoms with E-state index in [2.05, 4.69) is 10.1 Å². The molecule has 0 saturated heterocycles. The van der Waals surface area contributed by atoms with Gasteiger partial charge in [0.25, 0.3) is 5.91 Å². The van der Waals surface area contributed by atoms with Crippen molar-refractivity contribution in [3.8, 4) is 5.75 Å². The van der Waals surface area contributed by atoms with Gasteiger partial charge >= 0.3 is 5.97 Å². The van der Waals surface area contributed by atoms with E-state index in [1.165, 1.54) is 13.2 Å². The van der Waals surface area contributed by atoms with Crippen LogP contribution < -0.4 is 10.1 Å². The molecule has 104 valence electrons. The zero-order valence-electron chi connectivity index (χ0n) is 11.6. The first kappa shape index (κ1) is 15.0. The minimum absolute atomic E-state index is 0.0953. The Kier molecular flexibility index (Phi) is 4.92. The normalized spacial score (nSPS) is 10.7. The molecule has 0 atom stereocenters. The van der Waals surface area contributed by atoms with E-state index >= 15 is 0 Å². The minimum atomic E-state index is -0.440. The number of carbonyl (C=O) groups excluding carboxylic acids is 2. The summed E-state index contributed by atoms with van der Waals surface area (Å²) in [4.78, 5) is 22.9. The van der Waals surface area contributed by atoms with Crippen molar-refractivity contribution in [2.24, 2.45) is 0 Å². The Bertz CT molecular complexity index is 463. The maximum absolute atomic E-state index is 11.6. The van der Waals surface area contributed by atoms with E-state index in [9.17, 15) is 9.59 Å². The number of hydrogen-bond acceptors (Lipinski definition) is 4. The lowest BCUT2D eigenvalue weighted by atomic mass is 10.1. The lowest BCUT2D eigenvalue weighted by Crippen LogP contribution is -2.43. The van der Waals surface area contributed by atoms with Crippen LogP contribution in [0.5, 0.6) is 5.75 Å². The number of methoxy groups -OCH3 is 1. The highest BCUT2D eigenvalue weighted by atomic mass is 16.5. The largest absolute Gasteiger partial charge is 0.484 e. The first-order valence-corrected chi connectivity index (χ1v) is 5.94. The molecule has 0 spiro atoms. The van der Waals surface area contributed by atoms with Gasteiger partial charge in [-0.1, -0.05) is 6.07 Å². The fourth-order valence-corrected chi connectivity index (χ4v) is 1.43. The zero-order chi connectivity index (χ0) is 14.5. The Morgan fingerprint density at radius 1 is 1.26 bits per heavy atom. The van der Waals surface area contributed by atoms with Gasteiger partial charge in [-0.05, 0) is 39.0 Å². The Balaban J connectivity index is 2.59. The van der Waals surface area contributed by atoms with Crippen LogP contribution in [0.15, 0.2) is 24.3 Å². The standard InChI is InChI=1S/C14H19NO4/c1-14(2,3)15-12(16)9-19-11-7-5-6-10(8-11)13(17)18-4/h5-8H,9H2,1-4H3,(H,15,16). The SMILES string of the molecule is COC(=O)c1cccc(OCC(=O)NC(C)(C)C)c1. The van der Waals surface area contributed by atoms with Crippen LogP contribution in [0.4, 0.5) is 0 Å². The van der Waals surface area contributed by atoms with E-state index < -0.39 is 5.97 Å². The van der Waals surface area contributed by atoms with Crippen LogP contribution in [0.25, 0.3) is 0 Å². The summed E-state index contributed by atoms with van der Waals surface area (Å²) in [6.45, 7) is 5.58. The summed E-state index contributed by atoms with van der Waals surface area (Å²) in [5.41, 5.74) is 0.0881. The van der Waals surface area contributed by atoms with Crippen molar-refractivity contribution in [1.82, 2.24) is 5.32 Å². The molecule has 0 saturated carbocycles. The molecule has 0 bridgehead atoms. The van der Waals surface area contributed by atoms with Crippen molar-refractivity contribution < 1.29 is 19.1 Å². The van der Waals surface area contributed by atoms with Crippen molar-refractivity contribution in [2.45, 2.75) is 26.3 Å². The molecule has 0 unspecified atom stereocenters. The molecular weight excluding hydrogens is 246 g/mol. The van der Waals surface area contributed by atoms with Crippen LogP contribution in [0.2, 0.25) is 0 Å². The third-order valence-corrected chi connectivity index (χ3v) is 2.14. The molecule has 1 N–H and O–H groups in total. The molecule has 0 fully saturated rings. The highest BCUT2D eigenvalue weighted by Crippen LogP contribution is 2.14. The van der Waals surface area contributed by atoms with Crippen LogP contribution in [0, 0.1) is 0 Å². The summed E-state index contributed by atoms with van der Waals surface area (Å²) < 4.78 is 9.94. The van der Waals surface area contributed by atoms with Gasteiger partial charge in [-0.25, -0.2) is 4.79 Å². The van der Waals surface area contributed by atoms with Gasteiger partial charge in [0.1, 0.15) is 5.75 Å². The molecular formula is C14H19NO4. The first-order chi connectivity index (χ1) is 8.81. The predicted octanol–water partition coefficient (Wildman–Crippen LogP) is 1.77. The average molecular weight is 265 g/mol. The molecule has 1 rings (SSSR count). The summed E-state index contributed by atoms with van der Waals surface area (Å²) in [5, 5.41) is 2.78. The summed E-state index contributed by atoms with van der Waals surface area (Å²) >= 11 is 0. The Morgan fingerprint density at radius 2 is 1.95 bits per heavy atom. The molecule has 0 aliphatic carbocycles. The fourth-order valence-electron chi connectivity index (χ4n) is 1.43. The fraction of sp³-hybridized carbons (Fsp3) is 0.429. The van der Waals surface area contributed by atoms with Crippen LogP contribution in [-0.4, -0.2) is 31.1 Å². The van der Waals surface area contributed by atoms with Gasteiger partial charge in [0.05, 0.1) is 12.7 Å². The van der Waals surface area contributed by atoms with Crippen LogP contribution in [0.1, 0.15) is 31.1 Å². The number of rotatable bonds is 4. The highest BCUT2D eigenvalue weighted by molar-refractivity contribution is 5.89. The van der Waals surface area contributed by atoms with E-state index in [0.29, 0.717) is 11.3 Å². The van der Waals surface area contributed by atoms with E-state index in [4.69, 9.17) is 4.74 Å². The number of hydrogen-bond donors (Lipinski definition) is 1. The Labute approximate surface area is 112 Å². The summed E-state index contributed by atoms with van der Waals surface area (Å²) in [6, 6.07) is 6.50. The average Bonchev–Trinajstić information content (AvgIpc) is 2.34. The summed E-state index contributed by atoms with van der Waals surface area (Å²) in [6.07, 6.45) is 0. The van der Waals surface area contributed by atoms with Crippen molar-refractivity contribution in [3.05, 3.63) is 29.8 Å². The number of benzene rings is 1. The molecule has 0 aromatic heterocycles. The van der Waals surface area contributed by atoms with Gasteiger partial charge in [-0.3, -0.25) is 4.79 Å². The van der Waals surface area contributed by atoms with E-state index in [1.54, 1.807) is 18.2 Å². The smallest absolute Gasteiger partial charge is 0.337 e. The number of carbonyl (C=O) groups is 2. The molecule has 1 aromatic rings. The number of nitrogens with one attached hydrogen (secondary N) is 1. The third kappa shape index (κ3) is 5.42. The van der Waals surface area contributed by atoms with Gasteiger partial charge in [-0.2, -0.15) is 0 Å². The minimum Gasteiger partial charge on any atom is -0.484 e. The first-order valence-electron chi connectivity index (χ1n) is 5.94. The number of esters is 1. The van der Waals surface area contributed by atoms with Gasteiger partial charge in [0, 0.05) is 5.54 Å². The lowest BCUT2D eigenvalue weighted by molar-refractivity contribution is -0.124. The number of ether oxygens (including phenoxy) is 2. The van der Waals surface area contributed by atoms with E-state index in [1.807, 2.05) is 20.8 Å². The van der Waals surface area contributed by atoms with Crippen LogP contribution in [-0.2, 0) is 9.53 Å². The second-order valence-electron chi connectivity index (χ2n) is 5.11. The van der Waals surface area contributed by atoms with Crippen molar-refractivity contribution in [2.75, 3.05) is 13.7 Å². The molecule has 1 aromatic carbocycles. The quantitative estimate of drug-likeness (QED) is 0.843. The Hall–Kier alpha value is -2.04. The van der Waals surface area contributed by atoms with Crippen molar-refractivity contribution in [3.63, 3.8) is 0 Å². The molecule has 0 aliphatic heterocycles. The molecule has 0 aliphatic rings. The zero-order valence-corrected chi connectivity index (χ0v) is 11.6. The molecule has 0 radical (unpaired) electrons.